The summed E-state index contributed by atoms with van der Waals surface area (Å²) < 4.78 is 6.21. The quantitative estimate of drug-likeness (QED) is 0.171. The van der Waals surface area contributed by atoms with Crippen molar-refractivity contribution >= 4 is 0 Å². The van der Waals surface area contributed by atoms with E-state index in [-0.39, 0.29) is 0 Å². The van der Waals surface area contributed by atoms with Gasteiger partial charge in [0.1, 0.15) is 0 Å². The molecular weight excluding hydrogens is 364 g/mol. The second-order valence-corrected chi connectivity index (χ2v) is 9.26. The van der Waals surface area contributed by atoms with Gasteiger partial charge in [-0.15, -0.1) is 0 Å². The molecule has 1 rings (SSSR count). The lowest BCUT2D eigenvalue weighted by molar-refractivity contribution is 0.0414. The van der Waals surface area contributed by atoms with Gasteiger partial charge in [0.05, 0.1) is 12.7 Å². The lowest BCUT2D eigenvalue weighted by atomic mass is 10.0. The standard InChI is InChI=1S/C29H52O/c1-3-5-6-7-8-9-10-11-12-13-14-15-16-17-21-25-29(22-4-2)30-27-26-28-23-19-18-20-24-28/h18-20,23-24,29H,3-17,21-22,25-27H2,1-2H3. The molecule has 0 heterocycles. The van der Waals surface area contributed by atoms with E-state index in [1.165, 1.54) is 121 Å². The van der Waals surface area contributed by atoms with Crippen LogP contribution in [0.4, 0.5) is 0 Å². The van der Waals surface area contributed by atoms with Crippen molar-refractivity contribution in [2.75, 3.05) is 6.61 Å². The van der Waals surface area contributed by atoms with Crippen LogP contribution in [-0.4, -0.2) is 12.7 Å². The second kappa shape index (κ2) is 21.4. The van der Waals surface area contributed by atoms with Crippen molar-refractivity contribution < 1.29 is 4.74 Å². The van der Waals surface area contributed by atoms with E-state index < -0.39 is 0 Å². The zero-order chi connectivity index (χ0) is 21.5. The Hall–Kier alpha value is -0.820. The molecule has 0 N–H and O–H groups in total. The molecule has 1 unspecified atom stereocenters. The SMILES string of the molecule is CCCCCCCCCCCCCCCCCC(CCC)OCCc1ccccc1. The van der Waals surface area contributed by atoms with Crippen LogP contribution in [0.25, 0.3) is 0 Å². The van der Waals surface area contributed by atoms with E-state index in [0.29, 0.717) is 6.10 Å². The Balaban J connectivity index is 1.87. The Kier molecular flexibility index (Phi) is 19.4. The lowest BCUT2D eigenvalue weighted by Crippen LogP contribution is -2.14. The predicted octanol–water partition coefficient (Wildman–Crippen LogP) is 9.68. The zero-order valence-corrected chi connectivity index (χ0v) is 20.5. The number of hydrogen-bond donors (Lipinski definition) is 0. The van der Waals surface area contributed by atoms with Crippen molar-refractivity contribution in [1.82, 2.24) is 0 Å². The minimum atomic E-state index is 0.473. The van der Waals surface area contributed by atoms with Gasteiger partial charge in [0, 0.05) is 0 Å². The van der Waals surface area contributed by atoms with Crippen LogP contribution < -0.4 is 0 Å². The maximum absolute atomic E-state index is 6.21. The van der Waals surface area contributed by atoms with Crippen LogP contribution in [0.2, 0.25) is 0 Å². The van der Waals surface area contributed by atoms with E-state index in [0.717, 1.165) is 13.0 Å². The van der Waals surface area contributed by atoms with Crippen LogP contribution >= 0.6 is 0 Å². The van der Waals surface area contributed by atoms with Crippen LogP contribution in [0.3, 0.4) is 0 Å². The van der Waals surface area contributed by atoms with E-state index in [9.17, 15) is 0 Å². The fourth-order valence-electron chi connectivity index (χ4n) is 4.36. The van der Waals surface area contributed by atoms with Gasteiger partial charge in [-0.05, 0) is 24.8 Å². The summed E-state index contributed by atoms with van der Waals surface area (Å²) >= 11 is 0. The summed E-state index contributed by atoms with van der Waals surface area (Å²) in [5, 5.41) is 0. The molecule has 30 heavy (non-hydrogen) atoms. The first-order valence-corrected chi connectivity index (χ1v) is 13.5. The topological polar surface area (TPSA) is 9.23 Å². The molecule has 1 aromatic rings. The molecule has 1 nitrogen and oxygen atoms in total. The number of hydrogen-bond acceptors (Lipinski definition) is 1. The molecule has 0 spiro atoms. The molecule has 0 saturated carbocycles. The largest absolute Gasteiger partial charge is 0.378 e. The van der Waals surface area contributed by atoms with Crippen molar-refractivity contribution in [2.45, 2.75) is 142 Å². The fourth-order valence-corrected chi connectivity index (χ4v) is 4.36. The molecule has 0 amide bonds. The summed E-state index contributed by atoms with van der Waals surface area (Å²) in [7, 11) is 0. The van der Waals surface area contributed by atoms with Gasteiger partial charge in [-0.25, -0.2) is 0 Å². The van der Waals surface area contributed by atoms with Gasteiger partial charge in [-0.1, -0.05) is 147 Å². The Morgan fingerprint density at radius 1 is 0.567 bits per heavy atom. The minimum absolute atomic E-state index is 0.473. The van der Waals surface area contributed by atoms with Gasteiger partial charge in [-0.2, -0.15) is 0 Å². The van der Waals surface area contributed by atoms with E-state index in [4.69, 9.17) is 4.74 Å². The van der Waals surface area contributed by atoms with Crippen LogP contribution in [0.15, 0.2) is 30.3 Å². The third-order valence-electron chi connectivity index (χ3n) is 6.33. The smallest absolute Gasteiger partial charge is 0.0575 e. The molecule has 0 aliphatic rings. The van der Waals surface area contributed by atoms with E-state index in [2.05, 4.69) is 44.2 Å². The van der Waals surface area contributed by atoms with Crippen molar-refractivity contribution in [1.29, 1.82) is 0 Å². The maximum Gasteiger partial charge on any atom is 0.0575 e. The molecule has 0 fully saturated rings. The lowest BCUT2D eigenvalue weighted by Gasteiger charge is -2.17. The summed E-state index contributed by atoms with van der Waals surface area (Å²) in [6.45, 7) is 5.44. The summed E-state index contributed by atoms with van der Waals surface area (Å²) in [6.07, 6.45) is 26.7. The van der Waals surface area contributed by atoms with Crippen LogP contribution in [-0.2, 0) is 11.2 Å². The highest BCUT2D eigenvalue weighted by Gasteiger charge is 2.08. The van der Waals surface area contributed by atoms with Gasteiger partial charge in [-0.3, -0.25) is 0 Å². The zero-order valence-electron chi connectivity index (χ0n) is 20.5. The van der Waals surface area contributed by atoms with Gasteiger partial charge in [0.15, 0.2) is 0 Å². The average molecular weight is 417 g/mol. The van der Waals surface area contributed by atoms with Gasteiger partial charge >= 0.3 is 0 Å². The first-order valence-electron chi connectivity index (χ1n) is 13.5. The number of unbranched alkanes of at least 4 members (excludes halogenated alkanes) is 14. The Morgan fingerprint density at radius 3 is 1.57 bits per heavy atom. The molecule has 174 valence electrons. The Morgan fingerprint density at radius 2 is 1.07 bits per heavy atom. The van der Waals surface area contributed by atoms with Crippen LogP contribution in [0, 0.1) is 0 Å². The maximum atomic E-state index is 6.21. The highest BCUT2D eigenvalue weighted by atomic mass is 16.5. The molecule has 1 atom stereocenters. The van der Waals surface area contributed by atoms with Crippen LogP contribution in [0.5, 0.6) is 0 Å². The number of ether oxygens (including phenoxy) is 1. The highest BCUT2D eigenvalue weighted by molar-refractivity contribution is 5.14. The Labute approximate surface area is 189 Å². The summed E-state index contributed by atoms with van der Waals surface area (Å²) in [4.78, 5) is 0. The summed E-state index contributed by atoms with van der Waals surface area (Å²) in [5.74, 6) is 0. The van der Waals surface area contributed by atoms with Crippen molar-refractivity contribution in [3.8, 4) is 0 Å². The number of benzene rings is 1. The average Bonchev–Trinajstić information content (AvgIpc) is 2.77. The molecule has 0 radical (unpaired) electrons. The predicted molar refractivity (Wildman–Crippen MR) is 134 cm³/mol. The molecule has 0 aromatic heterocycles. The van der Waals surface area contributed by atoms with Crippen molar-refractivity contribution in [3.05, 3.63) is 35.9 Å². The van der Waals surface area contributed by atoms with Crippen molar-refractivity contribution in [3.63, 3.8) is 0 Å². The second-order valence-electron chi connectivity index (χ2n) is 9.26. The first-order chi connectivity index (χ1) is 14.9. The van der Waals surface area contributed by atoms with E-state index in [1.54, 1.807) is 0 Å². The fraction of sp³-hybridized carbons (Fsp3) is 0.793. The van der Waals surface area contributed by atoms with Gasteiger partial charge < -0.3 is 4.74 Å². The normalized spacial score (nSPS) is 12.3. The van der Waals surface area contributed by atoms with Gasteiger partial charge in [0.25, 0.3) is 0 Å². The monoisotopic (exact) mass is 416 g/mol. The summed E-state index contributed by atoms with van der Waals surface area (Å²) in [6, 6.07) is 10.7. The van der Waals surface area contributed by atoms with Crippen molar-refractivity contribution in [2.24, 2.45) is 0 Å². The first kappa shape index (κ1) is 27.2. The number of rotatable bonds is 22. The highest BCUT2D eigenvalue weighted by Crippen LogP contribution is 2.16. The van der Waals surface area contributed by atoms with E-state index >= 15 is 0 Å². The molecule has 1 aromatic carbocycles. The molecule has 1 heteroatoms. The van der Waals surface area contributed by atoms with Crippen LogP contribution in [0.1, 0.15) is 135 Å². The van der Waals surface area contributed by atoms with Gasteiger partial charge in [0.2, 0.25) is 0 Å². The molecule has 0 bridgehead atoms. The molecule has 0 aliphatic heterocycles. The molecule has 0 aliphatic carbocycles. The minimum Gasteiger partial charge on any atom is -0.378 e. The summed E-state index contributed by atoms with van der Waals surface area (Å²) in [5.41, 5.74) is 1.39. The molecular formula is C29H52O. The molecule has 0 saturated heterocycles. The Bertz CT molecular complexity index is 441. The third kappa shape index (κ3) is 16.9. The van der Waals surface area contributed by atoms with E-state index in [1.807, 2.05) is 0 Å². The third-order valence-corrected chi connectivity index (χ3v) is 6.33.